The second kappa shape index (κ2) is 6.20. The molecule has 112 valence electrons. The summed E-state index contributed by atoms with van der Waals surface area (Å²) in [7, 11) is 0. The van der Waals surface area contributed by atoms with Gasteiger partial charge in [0.2, 0.25) is 0 Å². The van der Waals surface area contributed by atoms with E-state index >= 15 is 0 Å². The number of hydrogen-bond donors (Lipinski definition) is 0. The molecular weight excluding hydrogens is 345 g/mol. The van der Waals surface area contributed by atoms with Gasteiger partial charge in [0.1, 0.15) is 5.76 Å². The first-order chi connectivity index (χ1) is 10.5. The van der Waals surface area contributed by atoms with Gasteiger partial charge in [-0.15, -0.1) is 0 Å². The summed E-state index contributed by atoms with van der Waals surface area (Å²) < 4.78 is 5.16. The molecule has 1 aliphatic rings. The Kier molecular flexibility index (Phi) is 4.29. The molecule has 1 aromatic carbocycles. The topological polar surface area (TPSA) is 50.5 Å². The van der Waals surface area contributed by atoms with Gasteiger partial charge in [0.15, 0.2) is 0 Å². The van der Waals surface area contributed by atoms with E-state index in [9.17, 15) is 9.59 Å². The minimum Gasteiger partial charge on any atom is -0.465 e. The first-order valence-electron chi connectivity index (χ1n) is 6.27. The van der Waals surface area contributed by atoms with E-state index in [4.69, 9.17) is 27.6 Å². The Balaban J connectivity index is 1.83. The molecule has 0 radical (unpaired) electrons. The van der Waals surface area contributed by atoms with Crippen LogP contribution >= 0.6 is 35.0 Å². The number of hydrogen-bond acceptors (Lipinski definition) is 4. The fourth-order valence-corrected chi connectivity index (χ4v) is 3.25. The lowest BCUT2D eigenvalue weighted by Gasteiger charge is -2.13. The zero-order valence-electron chi connectivity index (χ0n) is 11.1. The van der Waals surface area contributed by atoms with Crippen LogP contribution in [0.4, 0.5) is 4.79 Å². The van der Waals surface area contributed by atoms with Gasteiger partial charge in [0.25, 0.3) is 11.1 Å². The normalized spacial score (nSPS) is 16.8. The molecule has 1 saturated heterocycles. The van der Waals surface area contributed by atoms with Crippen molar-refractivity contribution in [2.24, 2.45) is 0 Å². The van der Waals surface area contributed by atoms with Gasteiger partial charge in [-0.2, -0.15) is 0 Å². The molecule has 1 aliphatic heterocycles. The summed E-state index contributed by atoms with van der Waals surface area (Å²) in [5.41, 5.74) is 0.660. The maximum absolute atomic E-state index is 12.3. The average molecular weight is 354 g/mol. The molecule has 0 bridgehead atoms. The molecule has 0 N–H and O–H groups in total. The van der Waals surface area contributed by atoms with Crippen LogP contribution in [-0.2, 0) is 11.3 Å². The molecule has 0 saturated carbocycles. The molecule has 1 aromatic heterocycles. The Hall–Kier alpha value is -1.69. The SMILES string of the molecule is O=C1S/C(=C/c2ccco2)C(=O)N1Cc1ccc(Cl)cc1Cl. The van der Waals surface area contributed by atoms with Gasteiger partial charge in [0.05, 0.1) is 17.7 Å². The Labute approximate surface area is 140 Å². The molecule has 0 atom stereocenters. The van der Waals surface area contributed by atoms with Gasteiger partial charge in [-0.05, 0) is 41.6 Å². The quantitative estimate of drug-likeness (QED) is 0.742. The lowest BCUT2D eigenvalue weighted by molar-refractivity contribution is -0.123. The van der Waals surface area contributed by atoms with Gasteiger partial charge in [-0.1, -0.05) is 29.3 Å². The second-order valence-electron chi connectivity index (χ2n) is 4.52. The van der Waals surface area contributed by atoms with Gasteiger partial charge in [-0.25, -0.2) is 0 Å². The van der Waals surface area contributed by atoms with E-state index in [1.165, 1.54) is 6.26 Å². The predicted molar refractivity (Wildman–Crippen MR) is 86.7 cm³/mol. The zero-order valence-corrected chi connectivity index (χ0v) is 13.4. The van der Waals surface area contributed by atoms with Crippen LogP contribution in [0.15, 0.2) is 45.9 Å². The third-order valence-electron chi connectivity index (χ3n) is 3.03. The molecule has 0 unspecified atom stereocenters. The van der Waals surface area contributed by atoms with Crippen molar-refractivity contribution in [3.05, 3.63) is 62.9 Å². The standard InChI is InChI=1S/C15H9Cl2NO3S/c16-10-4-3-9(12(17)6-10)8-18-14(19)13(22-15(18)20)7-11-2-1-5-21-11/h1-7H,8H2/b13-7+. The van der Waals surface area contributed by atoms with Gasteiger partial charge in [-0.3, -0.25) is 14.5 Å². The van der Waals surface area contributed by atoms with E-state index in [1.807, 2.05) is 0 Å². The van der Waals surface area contributed by atoms with E-state index in [0.717, 1.165) is 16.7 Å². The number of carbonyl (C=O) groups excluding carboxylic acids is 2. The van der Waals surface area contributed by atoms with Crippen molar-refractivity contribution >= 4 is 52.2 Å². The van der Waals surface area contributed by atoms with Crippen LogP contribution < -0.4 is 0 Å². The molecule has 0 spiro atoms. The fraction of sp³-hybridized carbons (Fsp3) is 0.0667. The minimum atomic E-state index is -0.364. The summed E-state index contributed by atoms with van der Waals surface area (Å²) in [6.07, 6.45) is 3.05. The van der Waals surface area contributed by atoms with Gasteiger partial charge >= 0.3 is 0 Å². The Morgan fingerprint density at radius 2 is 2.05 bits per heavy atom. The minimum absolute atomic E-state index is 0.107. The monoisotopic (exact) mass is 353 g/mol. The summed E-state index contributed by atoms with van der Waals surface area (Å²) in [4.78, 5) is 25.8. The van der Waals surface area contributed by atoms with Crippen molar-refractivity contribution in [3.63, 3.8) is 0 Å². The van der Waals surface area contributed by atoms with E-state index in [0.29, 0.717) is 26.3 Å². The third-order valence-corrected chi connectivity index (χ3v) is 4.53. The largest absolute Gasteiger partial charge is 0.465 e. The van der Waals surface area contributed by atoms with E-state index in [1.54, 1.807) is 36.4 Å². The predicted octanol–water partition coefficient (Wildman–Crippen LogP) is 4.82. The molecule has 3 rings (SSSR count). The third kappa shape index (κ3) is 3.06. The molecule has 4 nitrogen and oxygen atoms in total. The van der Waals surface area contributed by atoms with E-state index < -0.39 is 0 Å². The van der Waals surface area contributed by atoms with Crippen LogP contribution in [-0.4, -0.2) is 16.0 Å². The van der Waals surface area contributed by atoms with Crippen molar-refractivity contribution in [1.82, 2.24) is 4.90 Å². The van der Waals surface area contributed by atoms with Crippen molar-refractivity contribution in [3.8, 4) is 0 Å². The molecular formula is C15H9Cl2NO3S. The highest BCUT2D eigenvalue weighted by Crippen LogP contribution is 2.34. The van der Waals surface area contributed by atoms with Gasteiger partial charge in [0, 0.05) is 16.1 Å². The number of rotatable bonds is 3. The van der Waals surface area contributed by atoms with Crippen molar-refractivity contribution in [2.75, 3.05) is 0 Å². The summed E-state index contributed by atoms with van der Waals surface area (Å²) in [6, 6.07) is 8.37. The smallest absolute Gasteiger partial charge is 0.293 e. The number of benzene rings is 1. The Morgan fingerprint density at radius 1 is 1.23 bits per heavy atom. The van der Waals surface area contributed by atoms with Crippen molar-refractivity contribution < 1.29 is 14.0 Å². The molecule has 0 aliphatic carbocycles. The highest BCUT2D eigenvalue weighted by molar-refractivity contribution is 8.18. The Bertz CT molecular complexity index is 771. The lowest BCUT2D eigenvalue weighted by Crippen LogP contribution is -2.27. The number of thioether (sulfide) groups is 1. The summed E-state index contributed by atoms with van der Waals surface area (Å²) in [6.45, 7) is 0.107. The summed E-state index contributed by atoms with van der Waals surface area (Å²) in [5.74, 6) is 0.160. The highest BCUT2D eigenvalue weighted by atomic mass is 35.5. The van der Waals surface area contributed by atoms with Crippen molar-refractivity contribution in [2.45, 2.75) is 6.54 Å². The van der Waals surface area contributed by atoms with Crippen LogP contribution in [0.2, 0.25) is 10.0 Å². The second-order valence-corrected chi connectivity index (χ2v) is 6.36. The van der Waals surface area contributed by atoms with Crippen molar-refractivity contribution in [1.29, 1.82) is 0 Å². The van der Waals surface area contributed by atoms with Crippen LogP contribution in [0.3, 0.4) is 0 Å². The molecule has 2 aromatic rings. The maximum atomic E-state index is 12.3. The van der Waals surface area contributed by atoms with Crippen LogP contribution in [0, 0.1) is 0 Å². The zero-order chi connectivity index (χ0) is 15.7. The lowest BCUT2D eigenvalue weighted by atomic mass is 10.2. The Morgan fingerprint density at radius 3 is 2.73 bits per heavy atom. The fourth-order valence-electron chi connectivity index (χ4n) is 1.96. The molecule has 22 heavy (non-hydrogen) atoms. The van der Waals surface area contributed by atoms with E-state index in [-0.39, 0.29) is 17.7 Å². The molecule has 1 fully saturated rings. The first kappa shape index (κ1) is 15.2. The van der Waals surface area contributed by atoms with Crippen LogP contribution in [0.25, 0.3) is 6.08 Å². The number of amides is 2. The number of imide groups is 1. The molecule has 7 heteroatoms. The van der Waals surface area contributed by atoms with Gasteiger partial charge < -0.3 is 4.42 Å². The maximum Gasteiger partial charge on any atom is 0.293 e. The number of nitrogens with zero attached hydrogens (tertiary/aromatic N) is 1. The first-order valence-corrected chi connectivity index (χ1v) is 7.84. The molecule has 2 amide bonds. The van der Waals surface area contributed by atoms with E-state index in [2.05, 4.69) is 0 Å². The van der Waals surface area contributed by atoms with Crippen LogP contribution in [0.5, 0.6) is 0 Å². The average Bonchev–Trinajstić information content (AvgIpc) is 3.06. The summed E-state index contributed by atoms with van der Waals surface area (Å²) in [5, 5.41) is 0.580. The number of furan rings is 1. The number of carbonyl (C=O) groups is 2. The van der Waals surface area contributed by atoms with Crippen LogP contribution in [0.1, 0.15) is 11.3 Å². The highest BCUT2D eigenvalue weighted by Gasteiger charge is 2.35. The molecule has 2 heterocycles. The number of halogens is 2. The summed E-state index contributed by atoms with van der Waals surface area (Å²) >= 11 is 12.8.